The van der Waals surface area contributed by atoms with Gasteiger partial charge < -0.3 is 39.9 Å². The van der Waals surface area contributed by atoms with Gasteiger partial charge in [0.1, 0.15) is 29.8 Å². The van der Waals surface area contributed by atoms with Crippen molar-refractivity contribution < 1.29 is 37.1 Å². The topological polar surface area (TPSA) is 209 Å². The number of ether oxygens (including phenoxy) is 2. The molecule has 0 saturated carbocycles. The van der Waals surface area contributed by atoms with Crippen molar-refractivity contribution in [2.45, 2.75) is 71.0 Å². The number of sulfone groups is 1. The molecule has 324 valence electrons. The predicted octanol–water partition coefficient (Wildman–Crippen LogP) is 5.96. The molecular weight excluding hydrogens is 817 g/mol. The number of H-pyrrole nitrogens is 2. The van der Waals surface area contributed by atoms with E-state index in [9.17, 15) is 27.6 Å². The zero-order valence-electron chi connectivity index (χ0n) is 35.7. The maximum atomic E-state index is 14.0. The zero-order valence-corrected chi connectivity index (χ0v) is 37.6. The third-order valence-electron chi connectivity index (χ3n) is 11.7. The van der Waals surface area contributed by atoms with Crippen molar-refractivity contribution >= 4 is 63.7 Å². The number of fused-ring (bicyclic) bond motifs is 3. The average Bonchev–Trinajstić information content (AvgIpc) is 3.98. The summed E-state index contributed by atoms with van der Waals surface area (Å²) < 4.78 is 35.2. The Labute approximate surface area is 356 Å². The molecule has 16 nitrogen and oxygen atoms in total. The van der Waals surface area contributed by atoms with Gasteiger partial charge in [-0.05, 0) is 52.1 Å². The molecule has 18 heteroatoms. The summed E-state index contributed by atoms with van der Waals surface area (Å²) in [7, 11) is -2.75. The van der Waals surface area contributed by atoms with E-state index in [-0.39, 0.29) is 41.8 Å². The van der Waals surface area contributed by atoms with E-state index >= 15 is 0 Å². The van der Waals surface area contributed by atoms with Gasteiger partial charge in [0.25, 0.3) is 0 Å². The molecule has 1 unspecified atom stereocenters. The van der Waals surface area contributed by atoms with Crippen molar-refractivity contribution in [3.63, 3.8) is 0 Å². The SMILES string of the molecule is COC(=O)N[C@H](C(=O)N1CCS(=O)(=O)CC1c1ncc(-c2ccc(-c3ccc4c(ccc5[nH]c([C@@H]6C[Si](C)(C)CN6C(=O)[C@@H](NC(=O)OC)C(C)C)nc54)c3)cc2)[nH]1)C(C)C. The van der Waals surface area contributed by atoms with Gasteiger partial charge in [-0.2, -0.15) is 0 Å². The number of methoxy groups -OCH3 is 2. The lowest BCUT2D eigenvalue weighted by molar-refractivity contribution is -0.137. The summed E-state index contributed by atoms with van der Waals surface area (Å²) in [5.41, 5.74) is 5.16. The van der Waals surface area contributed by atoms with Crippen LogP contribution < -0.4 is 10.6 Å². The lowest BCUT2D eigenvalue weighted by Crippen LogP contribution is -2.55. The maximum absolute atomic E-state index is 14.0. The van der Waals surface area contributed by atoms with Crippen LogP contribution in [0.4, 0.5) is 9.59 Å². The van der Waals surface area contributed by atoms with Crippen LogP contribution in [0.3, 0.4) is 0 Å². The number of aromatic amines is 2. The highest BCUT2D eigenvalue weighted by molar-refractivity contribution is 7.91. The van der Waals surface area contributed by atoms with Gasteiger partial charge in [-0.25, -0.2) is 28.0 Å². The van der Waals surface area contributed by atoms with E-state index in [0.717, 1.165) is 50.4 Å². The first-order valence-corrected chi connectivity index (χ1v) is 25.7. The molecular formula is C43H54N8O8SSi. The van der Waals surface area contributed by atoms with Crippen LogP contribution in [0.5, 0.6) is 0 Å². The lowest BCUT2D eigenvalue weighted by Gasteiger charge is -2.37. The minimum absolute atomic E-state index is 0.0302. The van der Waals surface area contributed by atoms with Gasteiger partial charge in [0.15, 0.2) is 9.84 Å². The largest absolute Gasteiger partial charge is 0.453 e. The fraction of sp³-hybridized carbons (Fsp3) is 0.442. The smallest absolute Gasteiger partial charge is 0.407 e. The molecule has 0 spiro atoms. The number of nitrogens with one attached hydrogen (secondary N) is 4. The molecule has 3 aromatic carbocycles. The molecule has 2 aliphatic rings. The number of carbonyl (C=O) groups excluding carboxylic acids is 4. The van der Waals surface area contributed by atoms with E-state index in [2.05, 4.69) is 62.9 Å². The number of amides is 4. The van der Waals surface area contributed by atoms with Gasteiger partial charge in [-0.15, -0.1) is 0 Å². The van der Waals surface area contributed by atoms with Crippen molar-refractivity contribution in [2.75, 3.05) is 38.4 Å². The highest BCUT2D eigenvalue weighted by atomic mass is 32.2. The van der Waals surface area contributed by atoms with Gasteiger partial charge >= 0.3 is 12.2 Å². The third-order valence-corrected chi connectivity index (χ3v) is 16.1. The number of alkyl carbamates (subject to hydrolysis) is 2. The first-order valence-electron chi connectivity index (χ1n) is 20.5. The molecule has 61 heavy (non-hydrogen) atoms. The Morgan fingerprint density at radius 3 is 2.02 bits per heavy atom. The van der Waals surface area contributed by atoms with Crippen molar-refractivity contribution in [1.82, 2.24) is 40.4 Å². The van der Waals surface area contributed by atoms with E-state index < -0.39 is 54.1 Å². The number of carbonyl (C=O) groups is 4. The number of hydrogen-bond donors (Lipinski definition) is 4. The van der Waals surface area contributed by atoms with Crippen LogP contribution in [0.25, 0.3) is 44.2 Å². The molecule has 2 aromatic heterocycles. The van der Waals surface area contributed by atoms with Gasteiger partial charge in [0, 0.05) is 18.1 Å². The molecule has 0 bridgehead atoms. The first kappa shape index (κ1) is 43.3. The Morgan fingerprint density at radius 2 is 1.39 bits per heavy atom. The summed E-state index contributed by atoms with van der Waals surface area (Å²) in [4.78, 5) is 71.8. The van der Waals surface area contributed by atoms with Crippen LogP contribution in [0.15, 0.2) is 60.8 Å². The Balaban J connectivity index is 1.11. The highest BCUT2D eigenvalue weighted by Crippen LogP contribution is 2.39. The Morgan fingerprint density at radius 1 is 0.787 bits per heavy atom. The normalized spacial score (nSPS) is 19.6. The molecule has 4 amide bonds. The number of imidazole rings is 2. The summed E-state index contributed by atoms with van der Waals surface area (Å²) in [5.74, 6) is -0.366. The molecule has 2 aliphatic heterocycles. The maximum Gasteiger partial charge on any atom is 0.407 e. The van der Waals surface area contributed by atoms with Crippen LogP contribution in [-0.4, -0.2) is 121 Å². The zero-order chi connectivity index (χ0) is 44.0. The van der Waals surface area contributed by atoms with Gasteiger partial charge in [0.2, 0.25) is 11.8 Å². The molecule has 4 heterocycles. The second kappa shape index (κ2) is 17.0. The predicted molar refractivity (Wildman–Crippen MR) is 235 cm³/mol. The molecule has 4 atom stereocenters. The number of nitrogens with zero attached hydrogens (tertiary/aromatic N) is 4. The second-order valence-corrected chi connectivity index (χ2v) is 24.8. The van der Waals surface area contributed by atoms with Crippen LogP contribution in [0.2, 0.25) is 19.1 Å². The van der Waals surface area contributed by atoms with E-state index in [1.807, 2.05) is 49.1 Å². The standard InChI is InChI=1S/C43H54N8O8SSi/c1-24(2)35(48-42(54)58-5)40(52)50-17-18-60(56,57)21-33(50)38-44-20-32(46-38)27-11-9-26(10-12-27)28-13-15-30-29(19-28)14-16-31-37(30)47-39(45-31)34-22-61(7,8)23-51(34)41(53)36(25(3)4)49-43(55)59-6/h9-16,19-20,24-25,33-36H,17-18,21-23H2,1-8H3,(H,44,46)(H,45,47)(H,48,54)(H,49,55)/t33?,34-,35-,36-/m0/s1. The minimum atomic E-state index is -3.46. The van der Waals surface area contributed by atoms with Crippen LogP contribution in [0, 0.1) is 11.8 Å². The fourth-order valence-corrected chi connectivity index (χ4v) is 12.8. The number of benzene rings is 3. The average molecular weight is 871 g/mol. The molecule has 7 rings (SSSR count). The van der Waals surface area contributed by atoms with Crippen molar-refractivity contribution in [1.29, 1.82) is 0 Å². The molecule has 2 saturated heterocycles. The molecule has 5 aromatic rings. The van der Waals surface area contributed by atoms with Gasteiger partial charge in [-0.1, -0.05) is 83.3 Å². The number of rotatable bonds is 10. The van der Waals surface area contributed by atoms with Crippen molar-refractivity contribution in [3.05, 3.63) is 72.4 Å². The Kier molecular flexibility index (Phi) is 12.0. The van der Waals surface area contributed by atoms with E-state index in [0.29, 0.717) is 17.7 Å². The van der Waals surface area contributed by atoms with Gasteiger partial charge in [-0.3, -0.25) is 9.59 Å². The summed E-state index contributed by atoms with van der Waals surface area (Å²) in [5, 5.41) is 7.31. The molecule has 0 aliphatic carbocycles. The van der Waals surface area contributed by atoms with Crippen LogP contribution >= 0.6 is 0 Å². The minimum Gasteiger partial charge on any atom is -0.453 e. The monoisotopic (exact) mass is 870 g/mol. The molecule has 0 radical (unpaired) electrons. The summed E-state index contributed by atoms with van der Waals surface area (Å²) in [6, 6.07) is 16.3. The summed E-state index contributed by atoms with van der Waals surface area (Å²) in [6.07, 6.45) is 0.909. The molecule has 4 N–H and O–H groups in total. The van der Waals surface area contributed by atoms with E-state index in [1.54, 1.807) is 20.0 Å². The van der Waals surface area contributed by atoms with Crippen molar-refractivity contribution in [2.24, 2.45) is 11.8 Å². The Bertz CT molecular complexity index is 2590. The Hall–Kier alpha value is -5.75. The van der Waals surface area contributed by atoms with Crippen LogP contribution in [-0.2, 0) is 28.9 Å². The number of aromatic nitrogens is 4. The van der Waals surface area contributed by atoms with Crippen molar-refractivity contribution in [3.8, 4) is 22.4 Å². The molecule has 2 fully saturated rings. The van der Waals surface area contributed by atoms with Gasteiger partial charge in [0.05, 0.1) is 62.8 Å². The first-order chi connectivity index (χ1) is 28.9. The second-order valence-electron chi connectivity index (χ2n) is 17.5. The third kappa shape index (κ3) is 9.00. The summed E-state index contributed by atoms with van der Waals surface area (Å²) >= 11 is 0. The lowest BCUT2D eigenvalue weighted by atomic mass is 9.99. The fourth-order valence-electron chi connectivity index (χ4n) is 8.45. The summed E-state index contributed by atoms with van der Waals surface area (Å²) in [6.45, 7) is 11.9. The quantitative estimate of drug-likeness (QED) is 0.121. The highest BCUT2D eigenvalue weighted by Gasteiger charge is 2.46. The van der Waals surface area contributed by atoms with Crippen LogP contribution in [0.1, 0.15) is 51.4 Å². The van der Waals surface area contributed by atoms with E-state index in [4.69, 9.17) is 14.5 Å². The number of hydrogen-bond acceptors (Lipinski definition) is 10. The van der Waals surface area contributed by atoms with E-state index in [1.165, 1.54) is 19.1 Å².